The lowest BCUT2D eigenvalue weighted by molar-refractivity contribution is -0.119. The van der Waals surface area contributed by atoms with Crippen LogP contribution in [0, 0.1) is 5.82 Å². The lowest BCUT2D eigenvalue weighted by Gasteiger charge is -2.24. The monoisotopic (exact) mass is 468 g/mol. The third-order valence-corrected chi connectivity index (χ3v) is 7.16. The van der Waals surface area contributed by atoms with Crippen LogP contribution in [0.5, 0.6) is 0 Å². The molecular weight excluding hydrogens is 447 g/mol. The van der Waals surface area contributed by atoms with Crippen molar-refractivity contribution in [3.8, 4) is 0 Å². The van der Waals surface area contributed by atoms with Gasteiger partial charge in [-0.2, -0.15) is 0 Å². The molecule has 3 aromatic carbocycles. The SMILES string of the molecule is CC1Cc2ccccc2N1S(=O)(=O)c1cccc(C(=O)OCC(=O)Nc2ccc(F)cc2)c1. The molecule has 0 aromatic heterocycles. The van der Waals surface area contributed by atoms with Crippen LogP contribution < -0.4 is 9.62 Å². The van der Waals surface area contributed by atoms with E-state index in [1.54, 1.807) is 12.1 Å². The van der Waals surface area contributed by atoms with Crippen molar-refractivity contribution >= 4 is 33.3 Å². The second-order valence-electron chi connectivity index (χ2n) is 7.64. The number of fused-ring (bicyclic) bond motifs is 1. The number of para-hydroxylation sites is 1. The number of sulfonamides is 1. The maximum absolute atomic E-state index is 13.4. The number of esters is 1. The van der Waals surface area contributed by atoms with Gasteiger partial charge in [-0.1, -0.05) is 24.3 Å². The predicted octanol–water partition coefficient (Wildman–Crippen LogP) is 3.76. The molecular formula is C24H21FN2O5S. The number of nitrogens with one attached hydrogen (secondary N) is 1. The molecule has 4 rings (SSSR count). The molecule has 1 unspecified atom stereocenters. The van der Waals surface area contributed by atoms with Crippen LogP contribution in [0.15, 0.2) is 77.7 Å². The molecule has 170 valence electrons. The summed E-state index contributed by atoms with van der Waals surface area (Å²) in [6, 6.07) is 17.7. The van der Waals surface area contributed by atoms with Crippen molar-refractivity contribution in [1.82, 2.24) is 0 Å². The van der Waals surface area contributed by atoms with Crippen molar-refractivity contribution in [2.24, 2.45) is 0 Å². The number of hydrogen-bond acceptors (Lipinski definition) is 5. The highest BCUT2D eigenvalue weighted by molar-refractivity contribution is 7.92. The van der Waals surface area contributed by atoms with Crippen molar-refractivity contribution in [1.29, 1.82) is 0 Å². The maximum Gasteiger partial charge on any atom is 0.338 e. The van der Waals surface area contributed by atoms with Gasteiger partial charge >= 0.3 is 5.97 Å². The fraction of sp³-hybridized carbons (Fsp3) is 0.167. The highest BCUT2D eigenvalue weighted by Crippen LogP contribution is 2.36. The van der Waals surface area contributed by atoms with E-state index in [0.29, 0.717) is 17.8 Å². The van der Waals surface area contributed by atoms with Gasteiger partial charge in [0.2, 0.25) is 0 Å². The van der Waals surface area contributed by atoms with E-state index in [1.807, 2.05) is 19.1 Å². The minimum atomic E-state index is -3.92. The van der Waals surface area contributed by atoms with Crippen LogP contribution in [0.25, 0.3) is 0 Å². The molecule has 7 nitrogen and oxygen atoms in total. The van der Waals surface area contributed by atoms with Crippen LogP contribution >= 0.6 is 0 Å². The fourth-order valence-electron chi connectivity index (χ4n) is 3.75. The normalized spacial score (nSPS) is 15.1. The van der Waals surface area contributed by atoms with E-state index in [-0.39, 0.29) is 16.5 Å². The highest BCUT2D eigenvalue weighted by atomic mass is 32.2. The van der Waals surface area contributed by atoms with E-state index in [1.165, 1.54) is 52.8 Å². The number of anilines is 2. The molecule has 1 N–H and O–H groups in total. The molecule has 1 amide bonds. The molecule has 1 heterocycles. The maximum atomic E-state index is 13.4. The van der Waals surface area contributed by atoms with Crippen LogP contribution in [0.4, 0.5) is 15.8 Å². The molecule has 1 aliphatic rings. The zero-order chi connectivity index (χ0) is 23.6. The number of carbonyl (C=O) groups is 2. The zero-order valence-corrected chi connectivity index (χ0v) is 18.5. The Bertz CT molecular complexity index is 1310. The van der Waals surface area contributed by atoms with Gasteiger partial charge < -0.3 is 10.1 Å². The number of rotatable bonds is 6. The number of carbonyl (C=O) groups excluding carboxylic acids is 2. The van der Waals surface area contributed by atoms with Gasteiger partial charge in [0.05, 0.1) is 16.1 Å². The summed E-state index contributed by atoms with van der Waals surface area (Å²) < 4.78 is 46.1. The van der Waals surface area contributed by atoms with E-state index in [0.717, 1.165) is 5.56 Å². The minimum Gasteiger partial charge on any atom is -0.452 e. The predicted molar refractivity (Wildman–Crippen MR) is 121 cm³/mol. The highest BCUT2D eigenvalue weighted by Gasteiger charge is 2.36. The zero-order valence-electron chi connectivity index (χ0n) is 17.7. The lowest BCUT2D eigenvalue weighted by atomic mass is 10.1. The first-order valence-corrected chi connectivity index (χ1v) is 11.6. The van der Waals surface area contributed by atoms with E-state index in [9.17, 15) is 22.4 Å². The molecule has 1 atom stereocenters. The van der Waals surface area contributed by atoms with E-state index in [4.69, 9.17) is 4.74 Å². The quantitative estimate of drug-likeness (QED) is 0.556. The van der Waals surface area contributed by atoms with Gasteiger partial charge in [-0.15, -0.1) is 0 Å². The van der Waals surface area contributed by atoms with Crippen molar-refractivity contribution in [3.05, 3.63) is 89.7 Å². The number of halogens is 1. The Morgan fingerprint density at radius 1 is 1.06 bits per heavy atom. The number of hydrogen-bond donors (Lipinski definition) is 1. The summed E-state index contributed by atoms with van der Waals surface area (Å²) in [6.45, 7) is 1.25. The van der Waals surface area contributed by atoms with Gasteiger partial charge in [0, 0.05) is 11.7 Å². The molecule has 0 saturated heterocycles. The first-order valence-electron chi connectivity index (χ1n) is 10.2. The Balaban J connectivity index is 1.46. The Hall–Kier alpha value is -3.72. The van der Waals surface area contributed by atoms with Crippen molar-refractivity contribution in [3.63, 3.8) is 0 Å². The number of amides is 1. The van der Waals surface area contributed by atoms with Crippen molar-refractivity contribution in [2.75, 3.05) is 16.2 Å². The summed E-state index contributed by atoms with van der Waals surface area (Å²) in [6.07, 6.45) is 0.598. The molecule has 0 bridgehead atoms. The summed E-state index contributed by atoms with van der Waals surface area (Å²) in [5, 5.41) is 2.48. The second kappa shape index (κ2) is 9.03. The molecule has 33 heavy (non-hydrogen) atoms. The molecule has 0 fully saturated rings. The Morgan fingerprint density at radius 3 is 2.55 bits per heavy atom. The largest absolute Gasteiger partial charge is 0.452 e. The average molecular weight is 469 g/mol. The van der Waals surface area contributed by atoms with Gasteiger partial charge in [-0.25, -0.2) is 17.6 Å². The van der Waals surface area contributed by atoms with Crippen LogP contribution in [0.3, 0.4) is 0 Å². The topological polar surface area (TPSA) is 92.8 Å². The van der Waals surface area contributed by atoms with Crippen LogP contribution in [-0.4, -0.2) is 32.9 Å². The van der Waals surface area contributed by atoms with Gasteiger partial charge in [0.25, 0.3) is 15.9 Å². The van der Waals surface area contributed by atoms with E-state index in [2.05, 4.69) is 5.32 Å². The molecule has 1 aliphatic heterocycles. The van der Waals surface area contributed by atoms with Gasteiger partial charge in [0.15, 0.2) is 6.61 Å². The Morgan fingerprint density at radius 2 is 1.79 bits per heavy atom. The first kappa shape index (κ1) is 22.5. The third-order valence-electron chi connectivity index (χ3n) is 5.23. The van der Waals surface area contributed by atoms with Gasteiger partial charge in [-0.05, 0) is 67.4 Å². The smallest absolute Gasteiger partial charge is 0.338 e. The molecule has 0 radical (unpaired) electrons. The molecule has 0 aliphatic carbocycles. The summed E-state index contributed by atoms with van der Waals surface area (Å²) >= 11 is 0. The molecule has 0 saturated carbocycles. The summed E-state index contributed by atoms with van der Waals surface area (Å²) in [7, 11) is -3.92. The minimum absolute atomic E-state index is 0.00536. The average Bonchev–Trinajstić information content (AvgIpc) is 3.15. The fourth-order valence-corrected chi connectivity index (χ4v) is 5.48. The van der Waals surface area contributed by atoms with Crippen LogP contribution in [0.2, 0.25) is 0 Å². The van der Waals surface area contributed by atoms with E-state index >= 15 is 0 Å². The summed E-state index contributed by atoms with van der Waals surface area (Å²) in [5.74, 6) is -1.89. The first-order chi connectivity index (χ1) is 15.8. The second-order valence-corrected chi connectivity index (χ2v) is 9.46. The summed E-state index contributed by atoms with van der Waals surface area (Å²) in [4.78, 5) is 24.4. The molecule has 9 heteroatoms. The van der Waals surface area contributed by atoms with Crippen molar-refractivity contribution < 1.29 is 27.1 Å². The van der Waals surface area contributed by atoms with Crippen molar-refractivity contribution in [2.45, 2.75) is 24.3 Å². The Kier molecular flexibility index (Phi) is 6.15. The number of nitrogens with zero attached hydrogens (tertiary/aromatic N) is 1. The third kappa shape index (κ3) is 4.73. The number of ether oxygens (including phenoxy) is 1. The number of benzene rings is 3. The van der Waals surface area contributed by atoms with Crippen LogP contribution in [-0.2, 0) is 26.0 Å². The van der Waals surface area contributed by atoms with E-state index < -0.39 is 34.3 Å². The van der Waals surface area contributed by atoms with Crippen LogP contribution in [0.1, 0.15) is 22.8 Å². The van der Waals surface area contributed by atoms with Gasteiger partial charge in [-0.3, -0.25) is 9.10 Å². The standard InChI is InChI=1S/C24H21FN2O5S/c1-16-13-17-5-2-3-8-22(17)27(16)33(30,31)21-7-4-6-18(14-21)24(29)32-15-23(28)26-20-11-9-19(25)10-12-20/h2-12,14,16H,13,15H2,1H3,(H,26,28). The molecule has 0 spiro atoms. The molecule has 3 aromatic rings. The van der Waals surface area contributed by atoms with Gasteiger partial charge in [0.1, 0.15) is 5.82 Å². The summed E-state index contributed by atoms with van der Waals surface area (Å²) in [5.41, 5.74) is 1.92. The Labute approximate surface area is 190 Å². The lowest BCUT2D eigenvalue weighted by Crippen LogP contribution is -2.35.